The van der Waals surface area contributed by atoms with Gasteiger partial charge in [0, 0.05) is 16.9 Å². The van der Waals surface area contributed by atoms with E-state index in [0.717, 1.165) is 7.11 Å². The molecular weight excluding hydrogens is 222 g/mol. The van der Waals surface area contributed by atoms with Gasteiger partial charge in [-0.05, 0) is 12.5 Å². The average molecular weight is 235 g/mol. The van der Waals surface area contributed by atoms with Crippen molar-refractivity contribution >= 4 is 10.4 Å². The predicted octanol–water partition coefficient (Wildman–Crippen LogP) is -0.566. The van der Waals surface area contributed by atoms with Crippen LogP contribution in [0.1, 0.15) is 5.56 Å². The Morgan fingerprint density at radius 1 is 1.27 bits per heavy atom. The summed E-state index contributed by atoms with van der Waals surface area (Å²) in [6.45, 7) is 2.04. The van der Waals surface area contributed by atoms with Crippen LogP contribution >= 0.6 is 0 Å². The SMILES string of the molecule is COS(=O)(=O)[O-].CO[n+]1ccc(C)cc1. The van der Waals surface area contributed by atoms with Crippen LogP contribution < -0.4 is 9.57 Å². The molecule has 0 fully saturated rings. The minimum absolute atomic E-state index is 0.808. The van der Waals surface area contributed by atoms with Crippen molar-refractivity contribution in [2.24, 2.45) is 0 Å². The highest BCUT2D eigenvalue weighted by atomic mass is 32.3. The summed E-state index contributed by atoms with van der Waals surface area (Å²) in [6.07, 6.45) is 3.74. The summed E-state index contributed by atoms with van der Waals surface area (Å²) >= 11 is 0. The zero-order valence-corrected chi connectivity index (χ0v) is 9.52. The first-order valence-electron chi connectivity index (χ1n) is 3.93. The van der Waals surface area contributed by atoms with E-state index < -0.39 is 10.4 Å². The van der Waals surface area contributed by atoms with Crippen molar-refractivity contribution < 1.29 is 26.7 Å². The molecule has 1 aromatic rings. The first-order valence-corrected chi connectivity index (χ1v) is 5.26. The Morgan fingerprint density at radius 3 is 1.93 bits per heavy atom. The van der Waals surface area contributed by atoms with Crippen molar-refractivity contribution in [3.8, 4) is 0 Å². The Kier molecular flexibility index (Phi) is 5.83. The zero-order valence-electron chi connectivity index (χ0n) is 8.71. The van der Waals surface area contributed by atoms with Crippen LogP contribution in [0.15, 0.2) is 24.5 Å². The average Bonchev–Trinajstić information content (AvgIpc) is 2.19. The van der Waals surface area contributed by atoms with Gasteiger partial charge >= 0.3 is 0 Å². The molecule has 1 aromatic heterocycles. The van der Waals surface area contributed by atoms with Gasteiger partial charge in [0.2, 0.25) is 22.8 Å². The van der Waals surface area contributed by atoms with E-state index in [9.17, 15) is 13.0 Å². The molecule has 0 aliphatic heterocycles. The van der Waals surface area contributed by atoms with Gasteiger partial charge in [-0.2, -0.15) is 0 Å². The lowest BCUT2D eigenvalue weighted by molar-refractivity contribution is -0.885. The molecule has 0 aliphatic carbocycles. The van der Waals surface area contributed by atoms with Gasteiger partial charge in [0.1, 0.15) is 7.11 Å². The van der Waals surface area contributed by atoms with Gasteiger partial charge in [0.25, 0.3) is 0 Å². The van der Waals surface area contributed by atoms with Crippen LogP contribution in [-0.2, 0) is 14.6 Å². The Hall–Kier alpha value is -1.18. The second-order valence-corrected chi connectivity index (χ2v) is 3.64. The molecule has 6 nitrogen and oxygen atoms in total. The lowest BCUT2D eigenvalue weighted by Crippen LogP contribution is -2.39. The third-order valence-corrected chi connectivity index (χ3v) is 1.79. The van der Waals surface area contributed by atoms with Crippen LogP contribution in [0.4, 0.5) is 0 Å². The third kappa shape index (κ3) is 7.86. The van der Waals surface area contributed by atoms with Crippen molar-refractivity contribution in [3.05, 3.63) is 30.1 Å². The summed E-state index contributed by atoms with van der Waals surface area (Å²) in [4.78, 5) is 4.89. The molecule has 7 heteroatoms. The maximum Gasteiger partial charge on any atom is 0.222 e. The molecule has 0 aliphatic rings. The molecule has 0 radical (unpaired) electrons. The number of rotatable bonds is 2. The number of pyridine rings is 1. The second kappa shape index (κ2) is 6.33. The van der Waals surface area contributed by atoms with Gasteiger partial charge in [-0.1, -0.05) is 0 Å². The topological polar surface area (TPSA) is 79.5 Å². The highest BCUT2D eigenvalue weighted by Gasteiger charge is 1.93. The summed E-state index contributed by atoms with van der Waals surface area (Å²) in [5, 5.41) is 0. The summed E-state index contributed by atoms with van der Waals surface area (Å²) in [7, 11) is -1.97. The standard InChI is InChI=1S/C7H10NO.CH4O4S/c1-7-3-5-8(9-2)6-4-7;1-5-6(2,3)4/h3-6H,1-2H3;1H3,(H,2,3,4)/q+1;/p-1. The quantitative estimate of drug-likeness (QED) is 0.390. The van der Waals surface area contributed by atoms with Crippen LogP contribution in [0.2, 0.25) is 0 Å². The van der Waals surface area contributed by atoms with E-state index in [4.69, 9.17) is 4.84 Å². The third-order valence-electron chi connectivity index (χ3n) is 1.38. The van der Waals surface area contributed by atoms with E-state index in [1.165, 1.54) is 5.56 Å². The lowest BCUT2D eigenvalue weighted by Gasteiger charge is -1.98. The summed E-state index contributed by atoms with van der Waals surface area (Å²) in [6, 6.07) is 3.98. The monoisotopic (exact) mass is 235 g/mol. The molecule has 0 N–H and O–H groups in total. The minimum atomic E-state index is -4.41. The molecule has 15 heavy (non-hydrogen) atoms. The number of aryl methyl sites for hydroxylation is 1. The highest BCUT2D eigenvalue weighted by Crippen LogP contribution is 1.87. The summed E-state index contributed by atoms with van der Waals surface area (Å²) in [5.74, 6) is 0. The Bertz CT molecular complexity index is 373. The molecule has 86 valence electrons. The fraction of sp³-hybridized carbons (Fsp3) is 0.375. The van der Waals surface area contributed by atoms with Crippen molar-refractivity contribution in [2.45, 2.75) is 6.92 Å². The largest absolute Gasteiger partial charge is 0.726 e. The normalized spacial score (nSPS) is 10.1. The molecule has 0 unspecified atom stereocenters. The fourth-order valence-corrected chi connectivity index (χ4v) is 0.609. The first-order chi connectivity index (χ1) is 6.89. The maximum absolute atomic E-state index is 9.22. The van der Waals surface area contributed by atoms with Crippen LogP contribution in [0.25, 0.3) is 0 Å². The van der Waals surface area contributed by atoms with Crippen LogP contribution in [-0.4, -0.2) is 27.2 Å². The van der Waals surface area contributed by atoms with E-state index in [1.807, 2.05) is 31.5 Å². The summed E-state index contributed by atoms with van der Waals surface area (Å²) in [5.41, 5.74) is 1.24. The highest BCUT2D eigenvalue weighted by molar-refractivity contribution is 7.80. The Balaban J connectivity index is 0.000000288. The van der Waals surface area contributed by atoms with Gasteiger partial charge in [-0.15, -0.1) is 0 Å². The molecule has 0 saturated heterocycles. The van der Waals surface area contributed by atoms with Gasteiger partial charge in [0.05, 0.1) is 7.11 Å². The molecule has 0 saturated carbocycles. The van der Waals surface area contributed by atoms with Crippen LogP contribution in [0.5, 0.6) is 0 Å². The van der Waals surface area contributed by atoms with E-state index in [2.05, 4.69) is 4.18 Å². The van der Waals surface area contributed by atoms with Crippen molar-refractivity contribution in [1.29, 1.82) is 0 Å². The lowest BCUT2D eigenvalue weighted by atomic mass is 10.3. The predicted molar refractivity (Wildman–Crippen MR) is 50.6 cm³/mol. The van der Waals surface area contributed by atoms with Crippen LogP contribution in [0, 0.1) is 6.92 Å². The molecule has 0 amide bonds. The molecule has 0 aromatic carbocycles. The van der Waals surface area contributed by atoms with Crippen molar-refractivity contribution in [1.82, 2.24) is 0 Å². The van der Waals surface area contributed by atoms with E-state index >= 15 is 0 Å². The molecule has 1 heterocycles. The van der Waals surface area contributed by atoms with Gasteiger partial charge in [-0.25, -0.2) is 8.42 Å². The van der Waals surface area contributed by atoms with E-state index in [0.29, 0.717) is 0 Å². The fourth-order valence-electron chi connectivity index (χ4n) is 0.609. The number of hydrogen-bond donors (Lipinski definition) is 0. The van der Waals surface area contributed by atoms with E-state index in [1.54, 1.807) is 11.8 Å². The zero-order chi connectivity index (χ0) is 11.9. The number of aromatic nitrogens is 1. The summed E-state index contributed by atoms with van der Waals surface area (Å²) < 4.78 is 32.7. The van der Waals surface area contributed by atoms with Crippen molar-refractivity contribution in [2.75, 3.05) is 14.2 Å². The number of nitrogens with zero attached hydrogens (tertiary/aromatic N) is 1. The molecule has 0 atom stereocenters. The smallest absolute Gasteiger partial charge is 0.222 e. The van der Waals surface area contributed by atoms with Gasteiger partial charge < -0.3 is 4.55 Å². The minimum Gasteiger partial charge on any atom is -0.726 e. The second-order valence-electron chi connectivity index (χ2n) is 2.49. The maximum atomic E-state index is 9.22. The Labute approximate surface area is 89.0 Å². The Morgan fingerprint density at radius 2 is 1.67 bits per heavy atom. The van der Waals surface area contributed by atoms with E-state index in [-0.39, 0.29) is 0 Å². The van der Waals surface area contributed by atoms with Crippen LogP contribution in [0.3, 0.4) is 0 Å². The van der Waals surface area contributed by atoms with Gasteiger partial charge in [-0.3, -0.25) is 9.02 Å². The molecule has 1 rings (SSSR count). The molecular formula is C8H13NO5S. The molecule has 0 spiro atoms. The van der Waals surface area contributed by atoms with Crippen molar-refractivity contribution in [3.63, 3.8) is 0 Å². The first kappa shape index (κ1) is 13.8. The number of hydrogen-bond acceptors (Lipinski definition) is 5. The molecule has 0 bridgehead atoms. The van der Waals surface area contributed by atoms with Gasteiger partial charge in [0.15, 0.2) is 0 Å².